The quantitative estimate of drug-likeness (QED) is 0.707. The van der Waals surface area contributed by atoms with Crippen molar-refractivity contribution in [3.8, 4) is 5.75 Å². The van der Waals surface area contributed by atoms with Crippen molar-refractivity contribution in [2.24, 2.45) is 5.41 Å². The first-order chi connectivity index (χ1) is 13.1. The summed E-state index contributed by atoms with van der Waals surface area (Å²) in [7, 11) is 1.61. The number of hydrogen-bond acceptors (Lipinski definition) is 7. The van der Waals surface area contributed by atoms with Crippen LogP contribution in [0.15, 0.2) is 30.5 Å². The number of amides is 1. The lowest BCUT2D eigenvalue weighted by atomic mass is 9.75. The Morgan fingerprint density at radius 1 is 1.37 bits per heavy atom. The summed E-state index contributed by atoms with van der Waals surface area (Å²) in [5.74, 6) is 0.285. The number of likely N-dealkylation sites (tertiary alicyclic amines) is 1. The number of carbonyl (C=O) groups is 2. The van der Waals surface area contributed by atoms with E-state index in [1.54, 1.807) is 18.9 Å². The van der Waals surface area contributed by atoms with Gasteiger partial charge in [0, 0.05) is 13.1 Å². The molecule has 1 aliphatic heterocycles. The van der Waals surface area contributed by atoms with Crippen molar-refractivity contribution in [1.82, 2.24) is 13.6 Å². The second kappa shape index (κ2) is 8.47. The first kappa shape index (κ1) is 19.3. The van der Waals surface area contributed by atoms with Crippen molar-refractivity contribution in [2.75, 3.05) is 26.8 Å². The van der Waals surface area contributed by atoms with Gasteiger partial charge in [0.25, 0.3) is 5.91 Å². The fourth-order valence-electron chi connectivity index (χ4n) is 3.57. The summed E-state index contributed by atoms with van der Waals surface area (Å²) in [5.41, 5.74) is 0.521. The molecule has 144 valence electrons. The Kier molecular flexibility index (Phi) is 6.05. The lowest BCUT2D eigenvalue weighted by Gasteiger charge is -2.40. The molecule has 8 heteroatoms. The molecule has 1 aliphatic rings. The second-order valence-electron chi connectivity index (χ2n) is 6.65. The van der Waals surface area contributed by atoms with Crippen LogP contribution in [0, 0.1) is 5.41 Å². The van der Waals surface area contributed by atoms with E-state index in [1.807, 2.05) is 24.3 Å². The van der Waals surface area contributed by atoms with Crippen LogP contribution in [0.1, 0.15) is 35.8 Å². The third kappa shape index (κ3) is 4.27. The zero-order valence-electron chi connectivity index (χ0n) is 15.5. The van der Waals surface area contributed by atoms with Crippen LogP contribution >= 0.6 is 11.7 Å². The molecule has 0 saturated carbocycles. The molecule has 0 spiro atoms. The Morgan fingerprint density at radius 2 is 2.22 bits per heavy atom. The SMILES string of the molecule is CCOC(=O)[C@]1(Cc2cccc(OC)c2)CCCN(C(=O)c2cnsn2)C1. The molecule has 0 bridgehead atoms. The van der Waals surface area contributed by atoms with E-state index in [2.05, 4.69) is 8.75 Å². The Bertz CT molecular complexity index is 796. The minimum atomic E-state index is -0.778. The maximum atomic E-state index is 12.9. The summed E-state index contributed by atoms with van der Waals surface area (Å²) < 4.78 is 18.6. The van der Waals surface area contributed by atoms with E-state index in [1.165, 1.54) is 6.20 Å². The number of nitrogens with zero attached hydrogens (tertiary/aromatic N) is 3. The highest BCUT2D eigenvalue weighted by Crippen LogP contribution is 2.36. The van der Waals surface area contributed by atoms with E-state index >= 15 is 0 Å². The zero-order valence-corrected chi connectivity index (χ0v) is 16.3. The van der Waals surface area contributed by atoms with Gasteiger partial charge in [0.05, 0.1) is 37.1 Å². The number of aromatic nitrogens is 2. The summed E-state index contributed by atoms with van der Waals surface area (Å²) in [6, 6.07) is 7.66. The Labute approximate surface area is 162 Å². The lowest BCUT2D eigenvalue weighted by molar-refractivity contribution is -0.158. The van der Waals surface area contributed by atoms with E-state index in [9.17, 15) is 9.59 Å². The van der Waals surface area contributed by atoms with Crippen molar-refractivity contribution < 1.29 is 19.1 Å². The maximum Gasteiger partial charge on any atom is 0.314 e. The van der Waals surface area contributed by atoms with Crippen molar-refractivity contribution in [1.29, 1.82) is 0 Å². The topological polar surface area (TPSA) is 81.6 Å². The van der Waals surface area contributed by atoms with E-state index < -0.39 is 5.41 Å². The molecule has 1 saturated heterocycles. The van der Waals surface area contributed by atoms with Crippen LogP contribution in [0.2, 0.25) is 0 Å². The molecule has 0 N–H and O–H groups in total. The van der Waals surface area contributed by atoms with Crippen LogP contribution in [0.5, 0.6) is 5.75 Å². The average Bonchev–Trinajstić information content (AvgIpc) is 3.22. The molecule has 1 atom stereocenters. The van der Waals surface area contributed by atoms with Gasteiger partial charge in [0.15, 0.2) is 5.69 Å². The minimum absolute atomic E-state index is 0.192. The van der Waals surface area contributed by atoms with Gasteiger partial charge in [-0.15, -0.1) is 0 Å². The Balaban J connectivity index is 1.87. The van der Waals surface area contributed by atoms with Crippen LogP contribution in [0.4, 0.5) is 0 Å². The van der Waals surface area contributed by atoms with Gasteiger partial charge >= 0.3 is 5.97 Å². The average molecular weight is 389 g/mol. The van der Waals surface area contributed by atoms with Gasteiger partial charge in [-0.3, -0.25) is 9.59 Å². The largest absolute Gasteiger partial charge is 0.497 e. The van der Waals surface area contributed by atoms with Crippen molar-refractivity contribution in [3.63, 3.8) is 0 Å². The summed E-state index contributed by atoms with van der Waals surface area (Å²) in [4.78, 5) is 27.3. The fourth-order valence-corrected chi connectivity index (χ4v) is 3.97. The van der Waals surface area contributed by atoms with Gasteiger partial charge in [0.2, 0.25) is 0 Å². The van der Waals surface area contributed by atoms with E-state index in [0.29, 0.717) is 38.2 Å². The van der Waals surface area contributed by atoms with E-state index in [4.69, 9.17) is 9.47 Å². The first-order valence-corrected chi connectivity index (χ1v) is 9.68. The summed E-state index contributed by atoms with van der Waals surface area (Å²) in [6.07, 6.45) is 3.35. The fraction of sp³-hybridized carbons (Fsp3) is 0.474. The molecule has 0 unspecified atom stereocenters. The normalized spacial score (nSPS) is 19.6. The molecule has 3 rings (SSSR count). The molecule has 2 heterocycles. The van der Waals surface area contributed by atoms with Crippen LogP contribution in [0.3, 0.4) is 0 Å². The van der Waals surface area contributed by atoms with E-state index in [0.717, 1.165) is 29.5 Å². The molecule has 1 aromatic heterocycles. The minimum Gasteiger partial charge on any atom is -0.497 e. The molecule has 0 radical (unpaired) electrons. The van der Waals surface area contributed by atoms with E-state index in [-0.39, 0.29) is 11.9 Å². The third-order valence-corrected chi connectivity index (χ3v) is 5.31. The molecule has 1 amide bonds. The number of esters is 1. The number of benzene rings is 1. The molecule has 2 aromatic rings. The van der Waals surface area contributed by atoms with Crippen molar-refractivity contribution >= 4 is 23.6 Å². The van der Waals surface area contributed by atoms with Gasteiger partial charge in [-0.2, -0.15) is 8.75 Å². The highest BCUT2D eigenvalue weighted by Gasteiger charge is 2.45. The molecule has 1 fully saturated rings. The Hall–Kier alpha value is -2.48. The van der Waals surface area contributed by atoms with Crippen molar-refractivity contribution in [2.45, 2.75) is 26.2 Å². The number of ether oxygens (including phenoxy) is 2. The van der Waals surface area contributed by atoms with Crippen LogP contribution in [-0.2, 0) is 16.0 Å². The molecule has 27 heavy (non-hydrogen) atoms. The third-order valence-electron chi connectivity index (χ3n) is 4.83. The number of methoxy groups -OCH3 is 1. The summed E-state index contributed by atoms with van der Waals surface area (Å²) in [5, 5.41) is 0. The molecular formula is C19H23N3O4S. The van der Waals surface area contributed by atoms with Crippen LogP contribution < -0.4 is 4.74 Å². The summed E-state index contributed by atoms with van der Waals surface area (Å²) >= 11 is 1.000. The van der Waals surface area contributed by atoms with Gasteiger partial charge in [-0.25, -0.2) is 0 Å². The summed E-state index contributed by atoms with van der Waals surface area (Å²) in [6.45, 7) is 3.00. The highest BCUT2D eigenvalue weighted by atomic mass is 32.1. The smallest absolute Gasteiger partial charge is 0.314 e. The van der Waals surface area contributed by atoms with Gasteiger partial charge in [-0.05, 0) is 43.9 Å². The second-order valence-corrected chi connectivity index (χ2v) is 7.21. The molecular weight excluding hydrogens is 366 g/mol. The van der Waals surface area contributed by atoms with Crippen molar-refractivity contribution in [3.05, 3.63) is 41.7 Å². The molecule has 1 aromatic carbocycles. The van der Waals surface area contributed by atoms with Gasteiger partial charge in [-0.1, -0.05) is 12.1 Å². The molecule has 7 nitrogen and oxygen atoms in total. The zero-order chi connectivity index (χ0) is 19.3. The number of rotatable bonds is 6. The number of piperidine rings is 1. The number of hydrogen-bond donors (Lipinski definition) is 0. The monoisotopic (exact) mass is 389 g/mol. The van der Waals surface area contributed by atoms with Crippen LogP contribution in [-0.4, -0.2) is 52.3 Å². The maximum absolute atomic E-state index is 12.9. The predicted molar refractivity (Wildman–Crippen MR) is 101 cm³/mol. The Morgan fingerprint density at radius 3 is 2.93 bits per heavy atom. The number of carbonyl (C=O) groups excluding carboxylic acids is 2. The van der Waals surface area contributed by atoms with Crippen LogP contribution in [0.25, 0.3) is 0 Å². The highest BCUT2D eigenvalue weighted by molar-refractivity contribution is 6.99. The molecule has 0 aliphatic carbocycles. The lowest BCUT2D eigenvalue weighted by Crippen LogP contribution is -2.51. The first-order valence-electron chi connectivity index (χ1n) is 8.95. The predicted octanol–water partition coefficient (Wildman–Crippen LogP) is 2.57. The van der Waals surface area contributed by atoms with Gasteiger partial charge < -0.3 is 14.4 Å². The van der Waals surface area contributed by atoms with Gasteiger partial charge in [0.1, 0.15) is 5.75 Å². The standard InChI is InChI=1S/C19H23N3O4S/c1-3-26-18(24)19(11-14-6-4-7-15(10-14)25-2)8-5-9-22(13-19)17(23)16-12-20-27-21-16/h4,6-7,10,12H,3,5,8-9,11,13H2,1-2H3/t19-/m0/s1.